The van der Waals surface area contributed by atoms with Gasteiger partial charge in [0, 0.05) is 18.8 Å². The first-order chi connectivity index (χ1) is 8.70. The highest BCUT2D eigenvalue weighted by Gasteiger charge is 2.09. The zero-order valence-electron chi connectivity index (χ0n) is 10.8. The average molecular weight is 245 g/mol. The number of phenols is 1. The summed E-state index contributed by atoms with van der Waals surface area (Å²) in [5.74, 6) is 0.289. The lowest BCUT2D eigenvalue weighted by Crippen LogP contribution is -2.08. The van der Waals surface area contributed by atoms with E-state index in [2.05, 4.69) is 10.4 Å². The van der Waals surface area contributed by atoms with Gasteiger partial charge in [-0.15, -0.1) is 0 Å². The van der Waals surface area contributed by atoms with Crippen LogP contribution >= 0.6 is 0 Å². The van der Waals surface area contributed by atoms with E-state index in [9.17, 15) is 5.11 Å². The third kappa shape index (κ3) is 2.90. The van der Waals surface area contributed by atoms with E-state index in [0.29, 0.717) is 0 Å². The molecule has 1 aromatic carbocycles. The van der Waals surface area contributed by atoms with Crippen LogP contribution in [0.2, 0.25) is 0 Å². The maximum atomic E-state index is 9.55. The third-order valence-corrected chi connectivity index (χ3v) is 2.90. The highest BCUT2D eigenvalue weighted by Crippen LogP contribution is 2.26. The van der Waals surface area contributed by atoms with E-state index in [1.807, 2.05) is 37.1 Å². The van der Waals surface area contributed by atoms with Crippen LogP contribution in [0.4, 0.5) is 0 Å². The van der Waals surface area contributed by atoms with Crippen molar-refractivity contribution in [3.05, 3.63) is 36.2 Å². The Labute approximate surface area is 107 Å². The van der Waals surface area contributed by atoms with Gasteiger partial charge < -0.3 is 10.4 Å². The van der Waals surface area contributed by atoms with E-state index in [-0.39, 0.29) is 5.75 Å². The minimum atomic E-state index is 0.289. The van der Waals surface area contributed by atoms with Crippen molar-refractivity contribution in [3.63, 3.8) is 0 Å². The quantitative estimate of drug-likeness (QED) is 0.792. The maximum Gasteiger partial charge on any atom is 0.116 e. The molecule has 0 amide bonds. The number of benzene rings is 1. The summed E-state index contributed by atoms with van der Waals surface area (Å²) in [5.41, 5.74) is 3.20. The lowest BCUT2D eigenvalue weighted by molar-refractivity contribution is 0.475. The van der Waals surface area contributed by atoms with Crippen molar-refractivity contribution >= 4 is 0 Å². The second-order valence-corrected chi connectivity index (χ2v) is 4.42. The summed E-state index contributed by atoms with van der Waals surface area (Å²) < 4.78 is 1.83. The van der Waals surface area contributed by atoms with Gasteiger partial charge in [-0.25, -0.2) is 0 Å². The molecule has 0 saturated carbocycles. The van der Waals surface area contributed by atoms with Crippen molar-refractivity contribution in [2.24, 2.45) is 7.05 Å². The van der Waals surface area contributed by atoms with Gasteiger partial charge in [0.25, 0.3) is 0 Å². The summed E-state index contributed by atoms with van der Waals surface area (Å²) in [5, 5.41) is 17.2. The molecule has 4 nitrogen and oxygen atoms in total. The van der Waals surface area contributed by atoms with Crippen LogP contribution in [0, 0.1) is 0 Å². The Morgan fingerprint density at radius 1 is 1.39 bits per heavy atom. The summed E-state index contributed by atoms with van der Waals surface area (Å²) in [6, 6.07) is 7.31. The first kappa shape index (κ1) is 12.6. The average Bonchev–Trinajstić information content (AvgIpc) is 2.71. The van der Waals surface area contributed by atoms with Crippen LogP contribution in [0.1, 0.15) is 12.1 Å². The number of aromatic nitrogens is 2. The van der Waals surface area contributed by atoms with Crippen molar-refractivity contribution in [3.8, 4) is 16.9 Å². The summed E-state index contributed by atoms with van der Waals surface area (Å²) in [6.07, 6.45) is 4.00. The molecule has 0 saturated heterocycles. The van der Waals surface area contributed by atoms with Crippen LogP contribution in [0.25, 0.3) is 11.1 Å². The van der Waals surface area contributed by atoms with E-state index in [1.165, 1.54) is 0 Å². The lowest BCUT2D eigenvalue weighted by Gasteiger charge is -2.03. The van der Waals surface area contributed by atoms with Gasteiger partial charge in [0.05, 0.1) is 5.69 Å². The maximum absolute atomic E-state index is 9.55. The van der Waals surface area contributed by atoms with Gasteiger partial charge >= 0.3 is 0 Å². The van der Waals surface area contributed by atoms with Crippen LogP contribution in [0.3, 0.4) is 0 Å². The normalized spacial score (nSPS) is 10.8. The summed E-state index contributed by atoms with van der Waals surface area (Å²) in [6.45, 7) is 0.982. The zero-order valence-corrected chi connectivity index (χ0v) is 10.8. The molecule has 0 bridgehead atoms. The second-order valence-electron chi connectivity index (χ2n) is 4.42. The van der Waals surface area contributed by atoms with Gasteiger partial charge in [-0.3, -0.25) is 4.68 Å². The molecular weight excluding hydrogens is 226 g/mol. The molecule has 1 heterocycles. The van der Waals surface area contributed by atoms with E-state index in [1.54, 1.807) is 12.1 Å². The molecule has 2 rings (SSSR count). The number of phenolic OH excluding ortho intramolecular Hbond substituents is 1. The molecule has 0 fully saturated rings. The Balaban J connectivity index is 2.26. The number of rotatable bonds is 5. The number of hydrogen-bond acceptors (Lipinski definition) is 3. The monoisotopic (exact) mass is 245 g/mol. The van der Waals surface area contributed by atoms with Crippen LogP contribution < -0.4 is 5.32 Å². The largest absolute Gasteiger partial charge is 0.508 e. The highest BCUT2D eigenvalue weighted by molar-refractivity contribution is 5.66. The van der Waals surface area contributed by atoms with Gasteiger partial charge in [0.2, 0.25) is 0 Å². The Morgan fingerprint density at radius 3 is 2.94 bits per heavy atom. The fourth-order valence-electron chi connectivity index (χ4n) is 2.07. The van der Waals surface area contributed by atoms with Crippen molar-refractivity contribution < 1.29 is 5.11 Å². The van der Waals surface area contributed by atoms with Crippen LogP contribution in [-0.2, 0) is 13.5 Å². The Hall–Kier alpha value is -1.81. The molecule has 2 N–H and O–H groups in total. The van der Waals surface area contributed by atoms with Crippen molar-refractivity contribution in [2.75, 3.05) is 13.6 Å². The van der Waals surface area contributed by atoms with Crippen molar-refractivity contribution in [2.45, 2.75) is 12.8 Å². The first-order valence-corrected chi connectivity index (χ1v) is 6.17. The van der Waals surface area contributed by atoms with Crippen LogP contribution in [0.5, 0.6) is 5.75 Å². The second kappa shape index (κ2) is 5.69. The van der Waals surface area contributed by atoms with Crippen molar-refractivity contribution in [1.29, 1.82) is 0 Å². The fourth-order valence-corrected chi connectivity index (χ4v) is 2.07. The molecule has 0 aliphatic rings. The van der Waals surface area contributed by atoms with Crippen molar-refractivity contribution in [1.82, 2.24) is 15.1 Å². The van der Waals surface area contributed by atoms with Gasteiger partial charge in [-0.1, -0.05) is 12.1 Å². The summed E-state index contributed by atoms with van der Waals surface area (Å²) in [7, 11) is 3.88. The van der Waals surface area contributed by atoms with Crippen LogP contribution in [0.15, 0.2) is 30.5 Å². The molecule has 4 heteroatoms. The predicted octanol–water partition coefficient (Wildman–Crippen LogP) is 1.94. The molecule has 0 aliphatic carbocycles. The minimum absolute atomic E-state index is 0.289. The number of hydrogen-bond donors (Lipinski definition) is 2. The third-order valence-electron chi connectivity index (χ3n) is 2.90. The first-order valence-electron chi connectivity index (χ1n) is 6.17. The van der Waals surface area contributed by atoms with Gasteiger partial charge in [0.15, 0.2) is 0 Å². The van der Waals surface area contributed by atoms with Gasteiger partial charge in [-0.05, 0) is 44.1 Å². The van der Waals surface area contributed by atoms with E-state index >= 15 is 0 Å². The fraction of sp³-hybridized carbons (Fsp3) is 0.357. The number of nitrogens with one attached hydrogen (secondary N) is 1. The zero-order chi connectivity index (χ0) is 13.0. The highest BCUT2D eigenvalue weighted by atomic mass is 16.3. The van der Waals surface area contributed by atoms with Crippen LogP contribution in [-0.4, -0.2) is 28.5 Å². The lowest BCUT2D eigenvalue weighted by atomic mass is 10.0. The molecule has 0 aliphatic heterocycles. The Morgan fingerprint density at radius 2 is 2.22 bits per heavy atom. The topological polar surface area (TPSA) is 50.1 Å². The molecule has 2 aromatic rings. The molecule has 0 unspecified atom stereocenters. The molecule has 0 radical (unpaired) electrons. The summed E-state index contributed by atoms with van der Waals surface area (Å²) in [4.78, 5) is 0. The predicted molar refractivity (Wildman–Crippen MR) is 72.6 cm³/mol. The molecule has 0 atom stereocenters. The van der Waals surface area contributed by atoms with E-state index < -0.39 is 0 Å². The molecule has 96 valence electrons. The Kier molecular flexibility index (Phi) is 3.99. The Bertz CT molecular complexity index is 520. The smallest absolute Gasteiger partial charge is 0.116 e. The molecule has 1 aromatic heterocycles. The number of nitrogens with zero attached hydrogens (tertiary/aromatic N) is 2. The molecule has 0 spiro atoms. The summed E-state index contributed by atoms with van der Waals surface area (Å²) >= 11 is 0. The molecule has 18 heavy (non-hydrogen) atoms. The number of aromatic hydroxyl groups is 1. The van der Waals surface area contributed by atoms with E-state index in [4.69, 9.17) is 0 Å². The SMILES string of the molecule is CNCCCc1nn(C)cc1-c1cccc(O)c1. The standard InChI is InChI=1S/C14H19N3O/c1-15-8-4-7-14-13(10-17(2)16-14)11-5-3-6-12(18)9-11/h3,5-6,9-10,15,18H,4,7-8H2,1-2H3. The van der Waals surface area contributed by atoms with Gasteiger partial charge in [-0.2, -0.15) is 5.10 Å². The van der Waals surface area contributed by atoms with E-state index in [0.717, 1.165) is 36.2 Å². The number of aryl methyl sites for hydroxylation is 2. The molecular formula is C14H19N3O. The minimum Gasteiger partial charge on any atom is -0.508 e. The van der Waals surface area contributed by atoms with Gasteiger partial charge in [0.1, 0.15) is 5.75 Å².